The van der Waals surface area contributed by atoms with E-state index in [0.717, 1.165) is 37.1 Å². The van der Waals surface area contributed by atoms with Crippen molar-refractivity contribution in [1.82, 2.24) is 10.2 Å². The van der Waals surface area contributed by atoms with Crippen LogP contribution in [-0.4, -0.2) is 16.1 Å². The van der Waals surface area contributed by atoms with Gasteiger partial charge in [-0.15, -0.1) is 10.2 Å². The second-order valence-corrected chi connectivity index (χ2v) is 5.28. The number of carbonyl (C=O) groups is 1. The number of hydrogen-bond donors (Lipinski definition) is 1. The maximum Gasteiger partial charge on any atom is 0.229 e. The molecule has 1 amide bonds. The lowest BCUT2D eigenvalue weighted by molar-refractivity contribution is -0.122. The van der Waals surface area contributed by atoms with E-state index < -0.39 is 0 Å². The minimum atomic E-state index is 0.115. The highest BCUT2D eigenvalue weighted by Gasteiger charge is 2.25. The number of unbranched alkanes of at least 4 members (excludes halogenated alkanes) is 1. The SMILES string of the molecule is CCCCc1nnc(NC(=O)C2CCC2)s1. The first-order chi connectivity index (χ1) is 7.79. The molecule has 0 aromatic carbocycles. The number of aromatic nitrogens is 2. The molecule has 0 spiro atoms. The Kier molecular flexibility index (Phi) is 3.88. The summed E-state index contributed by atoms with van der Waals surface area (Å²) in [5.74, 6) is 0.326. The van der Waals surface area contributed by atoms with Gasteiger partial charge in [-0.05, 0) is 19.3 Å². The van der Waals surface area contributed by atoms with Gasteiger partial charge < -0.3 is 5.32 Å². The standard InChI is InChI=1S/C11H17N3OS/c1-2-3-7-9-13-14-11(16-9)12-10(15)8-5-4-6-8/h8H,2-7H2,1H3,(H,12,14,15). The molecule has 0 saturated heterocycles. The van der Waals surface area contributed by atoms with Gasteiger partial charge in [0, 0.05) is 12.3 Å². The van der Waals surface area contributed by atoms with Crippen LogP contribution in [0.5, 0.6) is 0 Å². The largest absolute Gasteiger partial charge is 0.300 e. The lowest BCUT2D eigenvalue weighted by Gasteiger charge is -2.23. The smallest absolute Gasteiger partial charge is 0.229 e. The van der Waals surface area contributed by atoms with Gasteiger partial charge in [-0.1, -0.05) is 31.1 Å². The zero-order valence-corrected chi connectivity index (χ0v) is 10.3. The highest BCUT2D eigenvalue weighted by molar-refractivity contribution is 7.15. The Hall–Kier alpha value is -0.970. The molecule has 1 aliphatic carbocycles. The zero-order chi connectivity index (χ0) is 11.4. The van der Waals surface area contributed by atoms with Gasteiger partial charge in [-0.2, -0.15) is 0 Å². The van der Waals surface area contributed by atoms with E-state index in [1.807, 2.05) is 0 Å². The van der Waals surface area contributed by atoms with Crippen molar-refractivity contribution in [3.63, 3.8) is 0 Å². The summed E-state index contributed by atoms with van der Waals surface area (Å²) >= 11 is 1.50. The Bertz CT molecular complexity index is 360. The summed E-state index contributed by atoms with van der Waals surface area (Å²) in [6.07, 6.45) is 6.47. The molecule has 0 aliphatic heterocycles. The fourth-order valence-corrected chi connectivity index (χ4v) is 2.40. The minimum absolute atomic E-state index is 0.115. The number of carbonyl (C=O) groups excluding carboxylic acids is 1. The van der Waals surface area contributed by atoms with Crippen molar-refractivity contribution in [1.29, 1.82) is 0 Å². The van der Waals surface area contributed by atoms with Gasteiger partial charge in [-0.25, -0.2) is 0 Å². The van der Waals surface area contributed by atoms with Crippen LogP contribution >= 0.6 is 11.3 Å². The molecule has 1 aromatic heterocycles. The number of nitrogens with zero attached hydrogens (tertiary/aromatic N) is 2. The summed E-state index contributed by atoms with van der Waals surface area (Å²) in [7, 11) is 0. The van der Waals surface area contributed by atoms with E-state index in [0.29, 0.717) is 5.13 Å². The van der Waals surface area contributed by atoms with Crippen molar-refractivity contribution in [2.24, 2.45) is 5.92 Å². The average molecular weight is 239 g/mol. The second-order valence-electron chi connectivity index (χ2n) is 4.22. The van der Waals surface area contributed by atoms with Crippen molar-refractivity contribution in [2.75, 3.05) is 5.32 Å². The molecular weight excluding hydrogens is 222 g/mol. The summed E-state index contributed by atoms with van der Waals surface area (Å²) < 4.78 is 0. The summed E-state index contributed by atoms with van der Waals surface area (Å²) in [4.78, 5) is 11.6. The van der Waals surface area contributed by atoms with E-state index in [2.05, 4.69) is 22.4 Å². The van der Waals surface area contributed by atoms with Gasteiger partial charge >= 0.3 is 0 Å². The molecule has 5 heteroatoms. The van der Waals surface area contributed by atoms with Crippen LogP contribution in [0.3, 0.4) is 0 Å². The van der Waals surface area contributed by atoms with Crippen LogP contribution in [0.2, 0.25) is 0 Å². The highest BCUT2D eigenvalue weighted by atomic mass is 32.1. The Morgan fingerprint density at radius 2 is 2.31 bits per heavy atom. The molecule has 16 heavy (non-hydrogen) atoms. The highest BCUT2D eigenvalue weighted by Crippen LogP contribution is 2.28. The van der Waals surface area contributed by atoms with E-state index in [-0.39, 0.29) is 11.8 Å². The lowest BCUT2D eigenvalue weighted by Crippen LogP contribution is -2.27. The molecule has 0 unspecified atom stereocenters. The monoisotopic (exact) mass is 239 g/mol. The van der Waals surface area contributed by atoms with Crippen molar-refractivity contribution < 1.29 is 4.79 Å². The predicted molar refractivity (Wildman–Crippen MR) is 64.5 cm³/mol. The number of rotatable bonds is 5. The van der Waals surface area contributed by atoms with Gasteiger partial charge in [0.05, 0.1) is 0 Å². The molecule has 2 rings (SSSR count). The Morgan fingerprint density at radius 1 is 1.50 bits per heavy atom. The van der Waals surface area contributed by atoms with Gasteiger partial charge in [0.15, 0.2) is 0 Å². The molecule has 0 atom stereocenters. The van der Waals surface area contributed by atoms with E-state index in [1.165, 1.54) is 17.8 Å². The molecule has 1 aliphatic rings. The zero-order valence-electron chi connectivity index (χ0n) is 9.53. The third kappa shape index (κ3) is 2.78. The van der Waals surface area contributed by atoms with Crippen LogP contribution < -0.4 is 5.32 Å². The normalized spacial score (nSPS) is 15.8. The number of aryl methyl sites for hydroxylation is 1. The van der Waals surface area contributed by atoms with Gasteiger partial charge in [0.1, 0.15) is 5.01 Å². The minimum Gasteiger partial charge on any atom is -0.300 e. The quantitative estimate of drug-likeness (QED) is 0.859. The topological polar surface area (TPSA) is 54.9 Å². The van der Waals surface area contributed by atoms with Gasteiger partial charge in [0.25, 0.3) is 0 Å². The molecular formula is C11H17N3OS. The van der Waals surface area contributed by atoms with Crippen molar-refractivity contribution in [2.45, 2.75) is 45.4 Å². The van der Waals surface area contributed by atoms with E-state index in [9.17, 15) is 4.79 Å². The molecule has 1 aromatic rings. The fraction of sp³-hybridized carbons (Fsp3) is 0.727. The Labute approximate surface area is 99.5 Å². The maximum absolute atomic E-state index is 11.6. The van der Waals surface area contributed by atoms with Crippen LogP contribution in [0.4, 0.5) is 5.13 Å². The Morgan fingerprint density at radius 3 is 2.94 bits per heavy atom. The summed E-state index contributed by atoms with van der Waals surface area (Å²) in [5.41, 5.74) is 0. The lowest BCUT2D eigenvalue weighted by atomic mass is 9.85. The van der Waals surface area contributed by atoms with Gasteiger partial charge in [0.2, 0.25) is 11.0 Å². The summed E-state index contributed by atoms with van der Waals surface area (Å²) in [5, 5.41) is 12.6. The first kappa shape index (κ1) is 11.5. The number of nitrogens with one attached hydrogen (secondary N) is 1. The number of anilines is 1. The number of hydrogen-bond acceptors (Lipinski definition) is 4. The first-order valence-corrected chi connectivity index (χ1v) is 6.74. The molecule has 0 bridgehead atoms. The van der Waals surface area contributed by atoms with Crippen LogP contribution in [-0.2, 0) is 11.2 Å². The van der Waals surface area contributed by atoms with E-state index in [4.69, 9.17) is 0 Å². The summed E-state index contributed by atoms with van der Waals surface area (Å²) in [6.45, 7) is 2.15. The molecule has 1 N–H and O–H groups in total. The second kappa shape index (κ2) is 5.39. The van der Waals surface area contributed by atoms with Crippen LogP contribution in [0.25, 0.3) is 0 Å². The predicted octanol–water partition coefficient (Wildman–Crippen LogP) is 2.62. The Balaban J connectivity index is 1.84. The van der Waals surface area contributed by atoms with Crippen molar-refractivity contribution in [3.05, 3.63) is 5.01 Å². The van der Waals surface area contributed by atoms with Crippen molar-refractivity contribution >= 4 is 22.4 Å². The van der Waals surface area contributed by atoms with Gasteiger partial charge in [-0.3, -0.25) is 4.79 Å². The molecule has 4 nitrogen and oxygen atoms in total. The third-order valence-corrected chi connectivity index (χ3v) is 3.82. The molecule has 1 heterocycles. The first-order valence-electron chi connectivity index (χ1n) is 5.93. The average Bonchev–Trinajstić information content (AvgIpc) is 2.59. The molecule has 0 radical (unpaired) electrons. The van der Waals surface area contributed by atoms with Crippen LogP contribution in [0.15, 0.2) is 0 Å². The third-order valence-electron chi connectivity index (χ3n) is 2.92. The molecule has 88 valence electrons. The van der Waals surface area contributed by atoms with Crippen LogP contribution in [0, 0.1) is 5.92 Å². The maximum atomic E-state index is 11.6. The van der Waals surface area contributed by atoms with E-state index in [1.54, 1.807) is 0 Å². The number of amides is 1. The van der Waals surface area contributed by atoms with Crippen LogP contribution in [0.1, 0.15) is 44.0 Å². The van der Waals surface area contributed by atoms with E-state index >= 15 is 0 Å². The molecule has 1 saturated carbocycles. The molecule has 1 fully saturated rings. The van der Waals surface area contributed by atoms with Crippen molar-refractivity contribution in [3.8, 4) is 0 Å². The fourth-order valence-electron chi connectivity index (χ4n) is 1.61. The summed E-state index contributed by atoms with van der Waals surface area (Å²) in [6, 6.07) is 0.